The number of aryl methyl sites for hydroxylation is 1. The van der Waals surface area contributed by atoms with Gasteiger partial charge >= 0.3 is 0 Å². The van der Waals surface area contributed by atoms with Gasteiger partial charge < -0.3 is 20.1 Å². The van der Waals surface area contributed by atoms with Gasteiger partial charge in [-0.2, -0.15) is 5.10 Å². The maximum absolute atomic E-state index is 12.8. The van der Waals surface area contributed by atoms with E-state index in [1.807, 2.05) is 13.8 Å². The van der Waals surface area contributed by atoms with Gasteiger partial charge in [0.15, 0.2) is 5.69 Å². The molecule has 2 rings (SSSR count). The van der Waals surface area contributed by atoms with Gasteiger partial charge in [-0.1, -0.05) is 13.0 Å². The minimum atomic E-state index is -0.445. The van der Waals surface area contributed by atoms with Crippen molar-refractivity contribution in [1.29, 1.82) is 0 Å². The van der Waals surface area contributed by atoms with E-state index in [0.717, 1.165) is 6.42 Å². The zero-order valence-electron chi connectivity index (χ0n) is 15.5. The molecule has 0 unspecified atom stereocenters. The van der Waals surface area contributed by atoms with E-state index in [1.165, 1.54) is 14.2 Å². The third kappa shape index (κ3) is 4.14. The first-order valence-electron chi connectivity index (χ1n) is 8.43. The predicted octanol–water partition coefficient (Wildman–Crippen LogP) is 2.31. The number of hydrogen-bond acceptors (Lipinski definition) is 5. The van der Waals surface area contributed by atoms with E-state index < -0.39 is 5.91 Å². The van der Waals surface area contributed by atoms with E-state index in [-0.39, 0.29) is 17.2 Å². The Balaban J connectivity index is 2.35. The van der Waals surface area contributed by atoms with Gasteiger partial charge in [-0.25, -0.2) is 0 Å². The molecule has 0 saturated carbocycles. The number of amides is 2. The molecule has 1 aromatic carbocycles. The Labute approximate surface area is 152 Å². The van der Waals surface area contributed by atoms with Gasteiger partial charge in [0.25, 0.3) is 11.8 Å². The molecular weight excluding hydrogens is 336 g/mol. The topological polar surface area (TPSA) is 94.5 Å². The fourth-order valence-electron chi connectivity index (χ4n) is 2.42. The summed E-state index contributed by atoms with van der Waals surface area (Å²) in [6, 6.07) is 5.07. The van der Waals surface area contributed by atoms with Crippen LogP contribution in [0.3, 0.4) is 0 Å². The van der Waals surface area contributed by atoms with E-state index in [1.54, 1.807) is 29.1 Å². The van der Waals surface area contributed by atoms with Gasteiger partial charge in [0, 0.05) is 19.3 Å². The van der Waals surface area contributed by atoms with Crippen molar-refractivity contribution in [3.05, 3.63) is 35.7 Å². The maximum atomic E-state index is 12.8. The van der Waals surface area contributed by atoms with Crippen molar-refractivity contribution in [3.8, 4) is 11.5 Å². The normalized spacial score (nSPS) is 10.3. The molecule has 1 heterocycles. The van der Waals surface area contributed by atoms with Crippen LogP contribution in [-0.2, 0) is 6.54 Å². The Morgan fingerprint density at radius 2 is 1.77 bits per heavy atom. The van der Waals surface area contributed by atoms with Gasteiger partial charge in [-0.3, -0.25) is 14.3 Å². The SMILES string of the molecule is CCCNC(=O)c1nn(CC)cc1NC(=O)c1c(OC)cccc1OC. The van der Waals surface area contributed by atoms with Crippen LogP contribution in [0.4, 0.5) is 5.69 Å². The van der Waals surface area contributed by atoms with Crippen LogP contribution in [0, 0.1) is 0 Å². The molecule has 0 radical (unpaired) electrons. The Kier molecular flexibility index (Phi) is 6.60. The molecule has 0 aliphatic carbocycles. The summed E-state index contributed by atoms with van der Waals surface area (Å²) in [4.78, 5) is 25.2. The van der Waals surface area contributed by atoms with Crippen LogP contribution in [0.2, 0.25) is 0 Å². The molecule has 140 valence electrons. The number of hydrogen-bond donors (Lipinski definition) is 2. The standard InChI is InChI=1S/C18H24N4O4/c1-5-10-19-18(24)16-12(11-22(6-2)21-16)20-17(23)15-13(25-3)8-7-9-14(15)26-4/h7-9,11H,5-6,10H2,1-4H3,(H,19,24)(H,20,23). The quantitative estimate of drug-likeness (QED) is 0.753. The molecule has 8 nitrogen and oxygen atoms in total. The van der Waals surface area contributed by atoms with Gasteiger partial charge in [0.05, 0.1) is 19.9 Å². The van der Waals surface area contributed by atoms with Crippen molar-refractivity contribution < 1.29 is 19.1 Å². The summed E-state index contributed by atoms with van der Waals surface area (Å²) >= 11 is 0. The zero-order valence-corrected chi connectivity index (χ0v) is 15.5. The minimum Gasteiger partial charge on any atom is -0.496 e. The lowest BCUT2D eigenvalue weighted by atomic mass is 10.1. The molecule has 2 amide bonds. The Morgan fingerprint density at radius 3 is 2.31 bits per heavy atom. The van der Waals surface area contributed by atoms with Crippen molar-refractivity contribution in [2.75, 3.05) is 26.1 Å². The van der Waals surface area contributed by atoms with Gasteiger partial charge in [-0.15, -0.1) is 0 Å². The van der Waals surface area contributed by atoms with Gasteiger partial charge in [-0.05, 0) is 25.5 Å². The lowest BCUT2D eigenvalue weighted by Crippen LogP contribution is -2.26. The highest BCUT2D eigenvalue weighted by Gasteiger charge is 2.22. The molecule has 1 aromatic heterocycles. The molecule has 2 aromatic rings. The molecular formula is C18H24N4O4. The molecule has 0 aliphatic rings. The molecule has 8 heteroatoms. The molecule has 2 N–H and O–H groups in total. The number of benzene rings is 1. The number of anilines is 1. The summed E-state index contributed by atoms with van der Waals surface area (Å²) < 4.78 is 12.1. The maximum Gasteiger partial charge on any atom is 0.273 e. The largest absolute Gasteiger partial charge is 0.496 e. The lowest BCUT2D eigenvalue weighted by molar-refractivity contribution is 0.0948. The summed E-state index contributed by atoms with van der Waals surface area (Å²) in [6.45, 7) is 4.96. The molecule has 0 saturated heterocycles. The summed E-state index contributed by atoms with van der Waals surface area (Å²) in [5.41, 5.74) is 0.752. The van der Waals surface area contributed by atoms with Crippen LogP contribution in [-0.4, -0.2) is 42.4 Å². The summed E-state index contributed by atoms with van der Waals surface area (Å²) in [5, 5.41) is 9.76. The Hall–Kier alpha value is -3.03. The fourth-order valence-corrected chi connectivity index (χ4v) is 2.42. The predicted molar refractivity (Wildman–Crippen MR) is 98.0 cm³/mol. The van der Waals surface area contributed by atoms with Crippen molar-refractivity contribution in [1.82, 2.24) is 15.1 Å². The average Bonchev–Trinajstić information content (AvgIpc) is 3.08. The second-order valence-electron chi connectivity index (χ2n) is 5.49. The van der Waals surface area contributed by atoms with Crippen LogP contribution >= 0.6 is 0 Å². The number of methoxy groups -OCH3 is 2. The van der Waals surface area contributed by atoms with Crippen molar-refractivity contribution in [3.63, 3.8) is 0 Å². The fraction of sp³-hybridized carbons (Fsp3) is 0.389. The number of carbonyl (C=O) groups is 2. The first kappa shape index (κ1) is 19.3. The van der Waals surface area contributed by atoms with E-state index in [2.05, 4.69) is 15.7 Å². The average molecular weight is 360 g/mol. The van der Waals surface area contributed by atoms with E-state index in [0.29, 0.717) is 30.3 Å². The zero-order chi connectivity index (χ0) is 19.1. The molecule has 26 heavy (non-hydrogen) atoms. The van der Waals surface area contributed by atoms with Gasteiger partial charge in [0.1, 0.15) is 17.1 Å². The van der Waals surface area contributed by atoms with Gasteiger partial charge in [0.2, 0.25) is 0 Å². The highest BCUT2D eigenvalue weighted by molar-refractivity contribution is 6.11. The van der Waals surface area contributed by atoms with Crippen molar-refractivity contribution in [2.45, 2.75) is 26.8 Å². The molecule has 0 bridgehead atoms. The third-order valence-electron chi connectivity index (χ3n) is 3.74. The summed E-state index contributed by atoms with van der Waals surface area (Å²) in [7, 11) is 2.95. The Morgan fingerprint density at radius 1 is 1.12 bits per heavy atom. The second kappa shape index (κ2) is 8.89. The van der Waals surface area contributed by atoms with Crippen LogP contribution in [0.1, 0.15) is 41.1 Å². The van der Waals surface area contributed by atoms with Crippen LogP contribution in [0.5, 0.6) is 11.5 Å². The second-order valence-corrected chi connectivity index (χ2v) is 5.49. The molecule has 0 aliphatic heterocycles. The van der Waals surface area contributed by atoms with Crippen LogP contribution in [0.15, 0.2) is 24.4 Å². The monoisotopic (exact) mass is 360 g/mol. The highest BCUT2D eigenvalue weighted by Crippen LogP contribution is 2.29. The number of ether oxygens (including phenoxy) is 2. The third-order valence-corrected chi connectivity index (χ3v) is 3.74. The van der Waals surface area contributed by atoms with Crippen LogP contribution in [0.25, 0.3) is 0 Å². The van der Waals surface area contributed by atoms with E-state index in [9.17, 15) is 9.59 Å². The number of aromatic nitrogens is 2. The smallest absolute Gasteiger partial charge is 0.273 e. The van der Waals surface area contributed by atoms with Crippen LogP contribution < -0.4 is 20.1 Å². The Bertz CT molecular complexity index is 763. The highest BCUT2D eigenvalue weighted by atomic mass is 16.5. The number of nitrogens with zero attached hydrogens (tertiary/aromatic N) is 2. The number of rotatable bonds is 8. The number of nitrogens with one attached hydrogen (secondary N) is 2. The molecule has 0 spiro atoms. The summed E-state index contributed by atoms with van der Waals surface area (Å²) in [5.74, 6) is -0.0238. The first-order valence-corrected chi connectivity index (χ1v) is 8.43. The van der Waals surface area contributed by atoms with E-state index in [4.69, 9.17) is 9.47 Å². The molecule has 0 fully saturated rings. The van der Waals surface area contributed by atoms with E-state index >= 15 is 0 Å². The first-order chi connectivity index (χ1) is 12.5. The van der Waals surface area contributed by atoms with Crippen molar-refractivity contribution >= 4 is 17.5 Å². The summed E-state index contributed by atoms with van der Waals surface area (Å²) in [6.07, 6.45) is 2.43. The van der Waals surface area contributed by atoms with Crippen molar-refractivity contribution in [2.24, 2.45) is 0 Å². The number of carbonyl (C=O) groups excluding carboxylic acids is 2. The minimum absolute atomic E-state index is 0.169. The molecule has 0 atom stereocenters. The lowest BCUT2D eigenvalue weighted by Gasteiger charge is -2.12.